The maximum absolute atomic E-state index is 10.6. The van der Waals surface area contributed by atoms with Gasteiger partial charge in [-0.25, -0.2) is 0 Å². The summed E-state index contributed by atoms with van der Waals surface area (Å²) in [6, 6.07) is -0.847. The minimum atomic E-state index is -1.02. The summed E-state index contributed by atoms with van der Waals surface area (Å²) in [4.78, 5) is 20.9. The van der Waals surface area contributed by atoms with E-state index in [2.05, 4.69) is 11.9 Å². The van der Waals surface area contributed by atoms with E-state index in [1.54, 1.807) is 0 Å². The lowest BCUT2D eigenvalue weighted by molar-refractivity contribution is -0.138. The number of rotatable bonds is 6. The maximum Gasteiger partial charge on any atom is 0.320 e. The average Bonchev–Trinajstić information content (AvgIpc) is 2.11. The van der Waals surface area contributed by atoms with Gasteiger partial charge in [0.15, 0.2) is 0 Å². The number of hydrogen-bond acceptors (Lipinski definition) is 3. The van der Waals surface area contributed by atoms with Crippen LogP contribution in [0.25, 0.3) is 0 Å². The van der Waals surface area contributed by atoms with Crippen LogP contribution in [0.1, 0.15) is 12.8 Å². The summed E-state index contributed by atoms with van der Waals surface area (Å²) in [5.74, 6) is -1.28. The third-order valence-corrected chi connectivity index (χ3v) is 1.49. The Bertz CT molecular complexity index is 204. The fourth-order valence-corrected chi connectivity index (χ4v) is 0.729. The van der Waals surface area contributed by atoms with Crippen molar-refractivity contribution < 1.29 is 14.7 Å². The summed E-state index contributed by atoms with van der Waals surface area (Å²) in [5.41, 5.74) is 5.23. The van der Waals surface area contributed by atoms with Gasteiger partial charge in [0.2, 0.25) is 5.91 Å². The van der Waals surface area contributed by atoms with Gasteiger partial charge < -0.3 is 16.2 Å². The molecule has 0 saturated heterocycles. The highest BCUT2D eigenvalue weighted by Gasteiger charge is 2.09. The number of amides is 1. The van der Waals surface area contributed by atoms with Crippen molar-refractivity contribution in [3.8, 4) is 0 Å². The minimum absolute atomic E-state index is 0.260. The van der Waals surface area contributed by atoms with Gasteiger partial charge in [-0.3, -0.25) is 9.59 Å². The van der Waals surface area contributed by atoms with Crippen LogP contribution in [-0.2, 0) is 9.59 Å². The summed E-state index contributed by atoms with van der Waals surface area (Å²) < 4.78 is 0. The largest absolute Gasteiger partial charge is 0.480 e. The molecule has 74 valence electrons. The predicted octanol–water partition coefficient (Wildman–Crippen LogP) is -0.519. The molecular formula is C8H14N2O3. The Balaban J connectivity index is 3.40. The Morgan fingerprint density at radius 3 is 2.69 bits per heavy atom. The molecular weight excluding hydrogens is 172 g/mol. The smallest absolute Gasteiger partial charge is 0.320 e. The first-order chi connectivity index (χ1) is 6.07. The number of aliphatic carboxylic acids is 1. The fourth-order valence-electron chi connectivity index (χ4n) is 0.729. The summed E-state index contributed by atoms with van der Waals surface area (Å²) in [5, 5.41) is 10.9. The molecule has 4 N–H and O–H groups in total. The van der Waals surface area contributed by atoms with Gasteiger partial charge in [0, 0.05) is 6.54 Å². The van der Waals surface area contributed by atoms with Gasteiger partial charge in [-0.05, 0) is 18.9 Å². The molecule has 0 aromatic carbocycles. The van der Waals surface area contributed by atoms with E-state index in [1.807, 2.05) is 0 Å². The highest BCUT2D eigenvalue weighted by molar-refractivity contribution is 5.86. The first-order valence-corrected chi connectivity index (χ1v) is 3.96. The molecule has 1 atom stereocenters. The number of nitrogens with two attached hydrogens (primary N) is 1. The average molecular weight is 186 g/mol. The summed E-state index contributed by atoms with van der Waals surface area (Å²) in [7, 11) is 0. The van der Waals surface area contributed by atoms with Crippen molar-refractivity contribution in [2.75, 3.05) is 6.54 Å². The van der Waals surface area contributed by atoms with Gasteiger partial charge in [0.05, 0.1) is 0 Å². The number of carbonyl (C=O) groups excluding carboxylic acids is 1. The van der Waals surface area contributed by atoms with Crippen molar-refractivity contribution in [3.05, 3.63) is 12.7 Å². The number of hydrogen-bond donors (Lipinski definition) is 3. The van der Waals surface area contributed by atoms with Gasteiger partial charge in [-0.2, -0.15) is 0 Å². The molecule has 0 aromatic heterocycles. The fraction of sp³-hybridized carbons (Fsp3) is 0.500. The lowest BCUT2D eigenvalue weighted by atomic mass is 10.2. The zero-order valence-electron chi connectivity index (χ0n) is 7.32. The third-order valence-electron chi connectivity index (χ3n) is 1.49. The van der Waals surface area contributed by atoms with E-state index in [0.29, 0.717) is 19.4 Å². The Morgan fingerprint density at radius 2 is 2.23 bits per heavy atom. The van der Waals surface area contributed by atoms with Crippen molar-refractivity contribution >= 4 is 11.9 Å². The number of nitrogens with one attached hydrogen (secondary N) is 1. The topological polar surface area (TPSA) is 92.4 Å². The van der Waals surface area contributed by atoms with Crippen molar-refractivity contribution in [1.82, 2.24) is 5.32 Å². The molecule has 0 bridgehead atoms. The Morgan fingerprint density at radius 1 is 1.62 bits per heavy atom. The van der Waals surface area contributed by atoms with E-state index >= 15 is 0 Å². The second kappa shape index (κ2) is 6.19. The molecule has 0 unspecified atom stereocenters. The Kier molecular flexibility index (Phi) is 5.54. The predicted molar refractivity (Wildman–Crippen MR) is 48.1 cm³/mol. The zero-order chi connectivity index (χ0) is 10.3. The van der Waals surface area contributed by atoms with Crippen molar-refractivity contribution in [2.45, 2.75) is 18.9 Å². The third kappa shape index (κ3) is 5.86. The molecule has 0 rings (SSSR count). The molecule has 0 radical (unpaired) electrons. The van der Waals surface area contributed by atoms with E-state index in [9.17, 15) is 9.59 Å². The SMILES string of the molecule is C=CC(=O)NCCC[C@H](N)C(=O)O. The lowest BCUT2D eigenvalue weighted by Crippen LogP contribution is -2.31. The Labute approximate surface area is 76.6 Å². The van der Waals surface area contributed by atoms with Crippen molar-refractivity contribution in [1.29, 1.82) is 0 Å². The molecule has 0 spiro atoms. The van der Waals surface area contributed by atoms with Gasteiger partial charge in [-0.1, -0.05) is 6.58 Å². The molecule has 0 aromatic rings. The normalized spacial score (nSPS) is 11.8. The van der Waals surface area contributed by atoms with Crippen LogP contribution in [0.15, 0.2) is 12.7 Å². The van der Waals surface area contributed by atoms with Crippen LogP contribution in [0.5, 0.6) is 0 Å². The van der Waals surface area contributed by atoms with Crippen molar-refractivity contribution in [3.63, 3.8) is 0 Å². The van der Waals surface area contributed by atoms with Gasteiger partial charge in [0.25, 0.3) is 0 Å². The standard InChI is InChI=1S/C8H14N2O3/c1-2-7(11)10-5-3-4-6(9)8(12)13/h2,6H,1,3-5,9H2,(H,10,11)(H,12,13)/t6-/m0/s1. The highest BCUT2D eigenvalue weighted by Crippen LogP contribution is 1.92. The van der Waals surface area contributed by atoms with Crippen LogP contribution in [-0.4, -0.2) is 29.6 Å². The Hall–Kier alpha value is -1.36. The molecule has 5 nitrogen and oxygen atoms in total. The molecule has 0 aliphatic heterocycles. The van der Waals surface area contributed by atoms with Gasteiger partial charge in [0.1, 0.15) is 6.04 Å². The quantitative estimate of drug-likeness (QED) is 0.384. The summed E-state index contributed by atoms with van der Waals surface area (Å²) in [6.45, 7) is 3.69. The molecule has 0 aliphatic rings. The molecule has 1 amide bonds. The summed E-state index contributed by atoms with van der Waals surface area (Å²) >= 11 is 0. The van der Waals surface area contributed by atoms with Crippen LogP contribution in [0, 0.1) is 0 Å². The molecule has 0 saturated carbocycles. The number of carboxylic acid groups (broad SMARTS) is 1. The number of carboxylic acids is 1. The van der Waals surface area contributed by atoms with Crippen LogP contribution in [0.4, 0.5) is 0 Å². The van der Waals surface area contributed by atoms with E-state index in [4.69, 9.17) is 10.8 Å². The molecule has 13 heavy (non-hydrogen) atoms. The highest BCUT2D eigenvalue weighted by atomic mass is 16.4. The van der Waals surface area contributed by atoms with E-state index in [-0.39, 0.29) is 5.91 Å². The zero-order valence-corrected chi connectivity index (χ0v) is 7.32. The number of carbonyl (C=O) groups is 2. The molecule has 0 aliphatic carbocycles. The van der Waals surface area contributed by atoms with Gasteiger partial charge in [-0.15, -0.1) is 0 Å². The first kappa shape index (κ1) is 11.6. The van der Waals surface area contributed by atoms with Crippen LogP contribution >= 0.6 is 0 Å². The van der Waals surface area contributed by atoms with Crippen LogP contribution in [0.2, 0.25) is 0 Å². The van der Waals surface area contributed by atoms with Crippen LogP contribution < -0.4 is 11.1 Å². The first-order valence-electron chi connectivity index (χ1n) is 3.96. The molecule has 0 fully saturated rings. The minimum Gasteiger partial charge on any atom is -0.480 e. The van der Waals surface area contributed by atoms with Gasteiger partial charge >= 0.3 is 5.97 Å². The van der Waals surface area contributed by atoms with E-state index < -0.39 is 12.0 Å². The molecule has 5 heteroatoms. The second-order valence-electron chi connectivity index (χ2n) is 2.58. The monoisotopic (exact) mass is 186 g/mol. The van der Waals surface area contributed by atoms with E-state index in [1.165, 1.54) is 0 Å². The van der Waals surface area contributed by atoms with Crippen LogP contribution in [0.3, 0.4) is 0 Å². The summed E-state index contributed by atoms with van der Waals surface area (Å²) in [6.07, 6.45) is 2.07. The van der Waals surface area contributed by atoms with E-state index in [0.717, 1.165) is 6.08 Å². The molecule has 0 heterocycles. The second-order valence-corrected chi connectivity index (χ2v) is 2.58. The van der Waals surface area contributed by atoms with Crippen molar-refractivity contribution in [2.24, 2.45) is 5.73 Å². The maximum atomic E-state index is 10.6. The lowest BCUT2D eigenvalue weighted by Gasteiger charge is -2.05.